The zero-order chi connectivity index (χ0) is 35.2. The standard InChI is InChI=1S/C18H16ClN5S.C18H16ClN3O2S/c1-11-4-3-5-15(12(11)2)20-16-10-25-18-22-21-17(24(18)23-16)13-6-8-14(19)9-7-13;1-11-4-3-5-15(12(11)2)20-16(23)10-25-18-22-21-17(24-18)13-6-8-14(19)9-7-13/h2*3-9H,10H2,1-2H3,(H,20,23). The summed E-state index contributed by atoms with van der Waals surface area (Å²) in [5.41, 5.74) is 11.5. The number of aliphatic imine (C=N–C) groups is 1. The number of anilines is 1. The van der Waals surface area contributed by atoms with Crippen molar-refractivity contribution < 1.29 is 9.21 Å². The van der Waals surface area contributed by atoms with E-state index < -0.39 is 0 Å². The topological polar surface area (TPSA) is 123 Å². The Bertz CT molecular complexity index is 2170. The number of nitrogens with one attached hydrogen (secondary N) is 2. The van der Waals surface area contributed by atoms with E-state index in [0.29, 0.717) is 21.2 Å². The lowest BCUT2D eigenvalue weighted by Crippen LogP contribution is -2.30. The number of aryl methyl sites for hydroxylation is 2. The summed E-state index contributed by atoms with van der Waals surface area (Å²) in [5.74, 6) is 2.81. The molecular weight excluding hydrogens is 711 g/mol. The van der Waals surface area contributed by atoms with E-state index in [-0.39, 0.29) is 11.7 Å². The number of aromatic nitrogens is 5. The van der Waals surface area contributed by atoms with Gasteiger partial charge in [0.15, 0.2) is 5.82 Å². The minimum Gasteiger partial charge on any atom is -0.411 e. The molecule has 0 fully saturated rings. The van der Waals surface area contributed by atoms with Crippen LogP contribution in [0.2, 0.25) is 10.0 Å². The van der Waals surface area contributed by atoms with E-state index in [0.717, 1.165) is 56.2 Å². The molecule has 6 aromatic rings. The van der Waals surface area contributed by atoms with Crippen molar-refractivity contribution in [1.82, 2.24) is 25.1 Å². The number of rotatable bonds is 7. The molecule has 3 heterocycles. The predicted molar refractivity (Wildman–Crippen MR) is 204 cm³/mol. The molecule has 7 rings (SSSR count). The third kappa shape index (κ3) is 8.56. The van der Waals surface area contributed by atoms with Crippen LogP contribution in [-0.2, 0) is 4.79 Å². The summed E-state index contributed by atoms with van der Waals surface area (Å²) in [6.45, 7) is 8.18. The highest BCUT2D eigenvalue weighted by atomic mass is 35.5. The number of thioether (sulfide) groups is 2. The van der Waals surface area contributed by atoms with Crippen LogP contribution in [0.1, 0.15) is 22.3 Å². The Labute approximate surface area is 308 Å². The SMILES string of the molecule is Cc1cccc(N=C2CSc3nnc(-c4ccc(Cl)cc4)n3N2)c1C.Cc1cccc(NC(=O)CSc2nnc(-c3ccc(Cl)cc3)o2)c1C. The van der Waals surface area contributed by atoms with Crippen LogP contribution in [0.3, 0.4) is 0 Å². The number of carbonyl (C=O) groups excluding carboxylic acids is 1. The molecule has 254 valence electrons. The normalized spacial score (nSPS) is 12.9. The summed E-state index contributed by atoms with van der Waals surface area (Å²) in [6.07, 6.45) is 0. The molecule has 4 aromatic carbocycles. The maximum absolute atomic E-state index is 12.1. The maximum Gasteiger partial charge on any atom is 0.277 e. The molecule has 1 aliphatic heterocycles. The van der Waals surface area contributed by atoms with Gasteiger partial charge in [0.1, 0.15) is 5.84 Å². The number of amides is 1. The van der Waals surface area contributed by atoms with Crippen LogP contribution in [0.25, 0.3) is 22.8 Å². The predicted octanol–water partition coefficient (Wildman–Crippen LogP) is 9.33. The lowest BCUT2D eigenvalue weighted by Gasteiger charge is -2.19. The first-order valence-corrected chi connectivity index (χ1v) is 18.2. The van der Waals surface area contributed by atoms with Crippen LogP contribution < -0.4 is 10.7 Å². The number of nitrogens with zero attached hydrogens (tertiary/aromatic N) is 6. The first kappa shape index (κ1) is 35.2. The minimum atomic E-state index is -0.120. The second-order valence-corrected chi connectivity index (χ2v) is 14.0. The van der Waals surface area contributed by atoms with Crippen molar-refractivity contribution in [2.45, 2.75) is 38.1 Å². The molecule has 0 saturated heterocycles. The van der Waals surface area contributed by atoms with Crippen molar-refractivity contribution in [2.24, 2.45) is 4.99 Å². The van der Waals surface area contributed by atoms with E-state index >= 15 is 0 Å². The third-order valence-electron chi connectivity index (χ3n) is 7.85. The average Bonchev–Trinajstić information content (AvgIpc) is 3.77. The minimum absolute atomic E-state index is 0.120. The molecular formula is C36H32Cl2N8O2S2. The van der Waals surface area contributed by atoms with E-state index in [2.05, 4.69) is 51.1 Å². The molecule has 0 unspecified atom stereocenters. The zero-order valence-corrected chi connectivity index (χ0v) is 30.7. The van der Waals surface area contributed by atoms with E-state index in [9.17, 15) is 4.79 Å². The van der Waals surface area contributed by atoms with E-state index in [1.165, 1.54) is 22.9 Å². The van der Waals surface area contributed by atoms with Gasteiger partial charge in [-0.2, -0.15) is 0 Å². The monoisotopic (exact) mass is 742 g/mol. The second kappa shape index (κ2) is 15.9. The Balaban J connectivity index is 0.000000173. The van der Waals surface area contributed by atoms with Crippen LogP contribution in [-0.4, -0.2) is 48.3 Å². The van der Waals surface area contributed by atoms with Crippen LogP contribution >= 0.6 is 46.7 Å². The quantitative estimate of drug-likeness (QED) is 0.154. The van der Waals surface area contributed by atoms with Crippen molar-refractivity contribution in [3.8, 4) is 22.8 Å². The largest absolute Gasteiger partial charge is 0.411 e. The van der Waals surface area contributed by atoms with Gasteiger partial charge < -0.3 is 9.73 Å². The molecule has 0 saturated carbocycles. The fraction of sp³-hybridized carbons (Fsp3) is 0.167. The maximum atomic E-state index is 12.1. The molecule has 0 spiro atoms. The molecule has 14 heteroatoms. The van der Waals surface area contributed by atoms with Crippen molar-refractivity contribution in [3.63, 3.8) is 0 Å². The Hall–Kier alpha value is -4.62. The van der Waals surface area contributed by atoms with Gasteiger partial charge >= 0.3 is 0 Å². The Morgan fingerprint density at radius 1 is 0.860 bits per heavy atom. The summed E-state index contributed by atoms with van der Waals surface area (Å²) in [4.78, 5) is 16.9. The Morgan fingerprint density at radius 2 is 1.52 bits per heavy atom. The lowest BCUT2D eigenvalue weighted by molar-refractivity contribution is -0.113. The number of fused-ring (bicyclic) bond motifs is 1. The number of halogens is 2. The van der Waals surface area contributed by atoms with Gasteiger partial charge in [-0.1, -0.05) is 71.0 Å². The highest BCUT2D eigenvalue weighted by molar-refractivity contribution is 8.00. The summed E-state index contributed by atoms with van der Waals surface area (Å²) < 4.78 is 7.45. The second-order valence-electron chi connectivity index (χ2n) is 11.3. The van der Waals surface area contributed by atoms with Gasteiger partial charge in [-0.25, -0.2) is 9.67 Å². The van der Waals surface area contributed by atoms with Gasteiger partial charge in [0.25, 0.3) is 5.22 Å². The number of hydrogen-bond donors (Lipinski definition) is 2. The van der Waals surface area contributed by atoms with Crippen LogP contribution in [0.5, 0.6) is 0 Å². The summed E-state index contributed by atoms with van der Waals surface area (Å²) in [6, 6.07) is 26.6. The first-order chi connectivity index (χ1) is 24.1. The van der Waals surface area contributed by atoms with Crippen molar-refractivity contribution in [2.75, 3.05) is 22.2 Å². The Kier molecular flexibility index (Phi) is 11.2. The third-order valence-corrected chi connectivity index (χ3v) is 10.1. The zero-order valence-electron chi connectivity index (χ0n) is 27.6. The molecule has 2 N–H and O–H groups in total. The van der Waals surface area contributed by atoms with Gasteiger partial charge in [-0.3, -0.25) is 10.2 Å². The van der Waals surface area contributed by atoms with E-state index in [1.807, 2.05) is 73.1 Å². The molecule has 1 aliphatic rings. The first-order valence-electron chi connectivity index (χ1n) is 15.5. The number of benzene rings is 4. The molecule has 0 radical (unpaired) electrons. The number of carbonyl (C=O) groups is 1. The molecule has 0 atom stereocenters. The van der Waals surface area contributed by atoms with Crippen molar-refractivity contribution in [3.05, 3.63) is 117 Å². The van der Waals surface area contributed by atoms with Gasteiger partial charge in [-0.05, 0) is 111 Å². The molecule has 10 nitrogen and oxygen atoms in total. The average molecular weight is 744 g/mol. The van der Waals surface area contributed by atoms with E-state index in [4.69, 9.17) is 32.6 Å². The number of hydrogen-bond acceptors (Lipinski definition) is 9. The molecule has 0 aliphatic carbocycles. The smallest absolute Gasteiger partial charge is 0.277 e. The van der Waals surface area contributed by atoms with Crippen LogP contribution in [0.15, 0.2) is 105 Å². The van der Waals surface area contributed by atoms with Gasteiger partial charge in [-0.15, -0.1) is 20.4 Å². The molecule has 50 heavy (non-hydrogen) atoms. The highest BCUT2D eigenvalue weighted by Gasteiger charge is 2.21. The van der Waals surface area contributed by atoms with Crippen molar-refractivity contribution in [1.29, 1.82) is 0 Å². The van der Waals surface area contributed by atoms with E-state index in [1.54, 1.807) is 36.0 Å². The molecule has 2 aromatic heterocycles. The molecule has 1 amide bonds. The van der Waals surface area contributed by atoms with Gasteiger partial charge in [0.05, 0.1) is 17.2 Å². The summed E-state index contributed by atoms with van der Waals surface area (Å²) in [7, 11) is 0. The fourth-order valence-corrected chi connectivity index (χ4v) is 6.35. The fourth-order valence-electron chi connectivity index (χ4n) is 4.78. The summed E-state index contributed by atoms with van der Waals surface area (Å²) >= 11 is 14.6. The molecule has 0 bridgehead atoms. The summed E-state index contributed by atoms with van der Waals surface area (Å²) in [5, 5.41) is 21.9. The number of amidine groups is 1. The van der Waals surface area contributed by atoms with Crippen LogP contribution in [0.4, 0.5) is 11.4 Å². The van der Waals surface area contributed by atoms with Gasteiger partial charge in [0.2, 0.25) is 17.0 Å². The highest BCUT2D eigenvalue weighted by Crippen LogP contribution is 2.29. The lowest BCUT2D eigenvalue weighted by atomic mass is 10.1. The van der Waals surface area contributed by atoms with Gasteiger partial charge in [0, 0.05) is 26.9 Å². The Morgan fingerprint density at radius 3 is 2.24 bits per heavy atom. The van der Waals surface area contributed by atoms with Crippen LogP contribution in [0, 0.1) is 27.7 Å². The van der Waals surface area contributed by atoms with Crippen molar-refractivity contribution >= 4 is 69.8 Å².